The van der Waals surface area contributed by atoms with Crippen LogP contribution in [0.4, 0.5) is 13.2 Å². The van der Waals surface area contributed by atoms with E-state index in [-0.39, 0.29) is 22.8 Å². The first-order valence-corrected chi connectivity index (χ1v) is 13.2. The number of methoxy groups -OCH3 is 1. The van der Waals surface area contributed by atoms with Gasteiger partial charge >= 0.3 is 12.1 Å². The van der Waals surface area contributed by atoms with Crippen molar-refractivity contribution in [2.24, 2.45) is 5.10 Å². The third kappa shape index (κ3) is 6.11. The van der Waals surface area contributed by atoms with Crippen molar-refractivity contribution in [3.63, 3.8) is 0 Å². The number of H-pyrrole nitrogens is 1. The number of nitriles is 1. The molecule has 8 nitrogen and oxygen atoms in total. The molecule has 0 aliphatic rings. The van der Waals surface area contributed by atoms with Crippen molar-refractivity contribution < 1.29 is 32.2 Å². The molecule has 0 aliphatic heterocycles. The molecule has 1 heterocycles. The summed E-state index contributed by atoms with van der Waals surface area (Å²) in [6.45, 7) is 0. The number of esters is 1. The molecule has 0 aliphatic carbocycles. The fraction of sp³-hybridized carbons (Fsp3) is 0.0625. The second kappa shape index (κ2) is 12.3. The monoisotopic (exact) mass is 616 g/mol. The molecule has 5 rings (SSSR count). The fourth-order valence-electron chi connectivity index (χ4n) is 4.48. The number of aromatic nitrogens is 1. The minimum Gasteiger partial charge on any atom is -0.493 e. The van der Waals surface area contributed by atoms with Crippen LogP contribution >= 0.6 is 11.6 Å². The Morgan fingerprint density at radius 2 is 1.77 bits per heavy atom. The van der Waals surface area contributed by atoms with Crippen LogP contribution in [0, 0.1) is 11.3 Å². The number of halogens is 4. The first kappa shape index (κ1) is 29.9. The Morgan fingerprint density at radius 1 is 1.00 bits per heavy atom. The molecule has 0 spiro atoms. The molecule has 0 fully saturated rings. The van der Waals surface area contributed by atoms with Gasteiger partial charge in [-0.25, -0.2) is 10.2 Å². The lowest BCUT2D eigenvalue weighted by molar-refractivity contribution is -0.137. The van der Waals surface area contributed by atoms with Crippen LogP contribution in [0.5, 0.6) is 11.5 Å². The molecule has 0 atom stereocenters. The standard InChI is InChI=1S/C32H20ClF3N4O4/c1-43-26-14-18(12-13-25(26)44-31(42)19-6-4-8-21(15-19)32(34,35)36)17-38-40-30(41)29-27(22-9-2-3-11-24(22)33)23-10-5-7-20(16-37)28(23)39-29/h2-15,17,39H,1H3,(H,40,41). The van der Waals surface area contributed by atoms with Crippen LogP contribution in [0.1, 0.15) is 37.5 Å². The van der Waals surface area contributed by atoms with Gasteiger partial charge in [0.15, 0.2) is 11.5 Å². The molecule has 4 aromatic carbocycles. The third-order valence-electron chi connectivity index (χ3n) is 6.52. The fourth-order valence-corrected chi connectivity index (χ4v) is 4.71. The van der Waals surface area contributed by atoms with Gasteiger partial charge in [-0.05, 0) is 54.1 Å². The molecule has 44 heavy (non-hydrogen) atoms. The van der Waals surface area contributed by atoms with E-state index in [4.69, 9.17) is 21.1 Å². The molecule has 2 N–H and O–H groups in total. The topological polar surface area (TPSA) is 117 Å². The molecule has 1 aromatic heterocycles. The number of amides is 1. The van der Waals surface area contributed by atoms with Gasteiger partial charge in [-0.1, -0.05) is 48.0 Å². The molecule has 1 amide bonds. The summed E-state index contributed by atoms with van der Waals surface area (Å²) in [6.07, 6.45) is -3.30. The quantitative estimate of drug-likeness (QED) is 0.0857. The average Bonchev–Trinajstić information content (AvgIpc) is 3.41. The van der Waals surface area contributed by atoms with Crippen LogP contribution in [0.15, 0.2) is 90.0 Å². The van der Waals surface area contributed by atoms with E-state index in [1.165, 1.54) is 37.6 Å². The molecule has 0 radical (unpaired) electrons. The summed E-state index contributed by atoms with van der Waals surface area (Å²) in [5, 5.41) is 14.6. The number of nitrogens with one attached hydrogen (secondary N) is 2. The van der Waals surface area contributed by atoms with Gasteiger partial charge in [-0.15, -0.1) is 0 Å². The number of fused-ring (bicyclic) bond motifs is 1. The number of para-hydroxylation sites is 1. The number of rotatable bonds is 7. The maximum Gasteiger partial charge on any atom is 0.416 e. The van der Waals surface area contributed by atoms with Crippen LogP contribution < -0.4 is 14.9 Å². The van der Waals surface area contributed by atoms with Crippen molar-refractivity contribution in [1.82, 2.24) is 10.4 Å². The summed E-state index contributed by atoms with van der Waals surface area (Å²) >= 11 is 6.45. The van der Waals surface area contributed by atoms with Gasteiger partial charge in [-0.2, -0.15) is 23.5 Å². The average molecular weight is 617 g/mol. The van der Waals surface area contributed by atoms with E-state index in [0.717, 1.165) is 12.1 Å². The molecular weight excluding hydrogens is 597 g/mol. The zero-order valence-corrected chi connectivity index (χ0v) is 23.5. The van der Waals surface area contributed by atoms with Crippen molar-refractivity contribution in [2.75, 3.05) is 7.11 Å². The van der Waals surface area contributed by atoms with Crippen LogP contribution in [0.3, 0.4) is 0 Å². The molecule has 0 saturated heterocycles. The summed E-state index contributed by atoms with van der Waals surface area (Å²) in [6, 6.07) is 22.4. The number of benzene rings is 4. The van der Waals surface area contributed by atoms with Crippen LogP contribution in [0.2, 0.25) is 5.02 Å². The first-order valence-electron chi connectivity index (χ1n) is 12.8. The highest BCUT2D eigenvalue weighted by molar-refractivity contribution is 6.34. The largest absolute Gasteiger partial charge is 0.493 e. The molecular formula is C32H20ClF3N4O4. The van der Waals surface area contributed by atoms with Crippen LogP contribution in [-0.4, -0.2) is 30.2 Å². The summed E-state index contributed by atoms with van der Waals surface area (Å²) in [7, 11) is 1.32. The first-order chi connectivity index (χ1) is 21.1. The zero-order valence-electron chi connectivity index (χ0n) is 22.7. The normalized spacial score (nSPS) is 11.4. The van der Waals surface area contributed by atoms with E-state index in [2.05, 4.69) is 21.6 Å². The van der Waals surface area contributed by atoms with E-state index in [1.54, 1.807) is 42.5 Å². The van der Waals surface area contributed by atoms with Gasteiger partial charge < -0.3 is 14.5 Å². The van der Waals surface area contributed by atoms with Crippen molar-refractivity contribution in [3.05, 3.63) is 118 Å². The Hall–Kier alpha value is -5.60. The lowest BCUT2D eigenvalue weighted by atomic mass is 10.0. The number of carbonyl (C=O) groups excluding carboxylic acids is 2. The summed E-state index contributed by atoms with van der Waals surface area (Å²) in [5.41, 5.74) is 3.68. The predicted molar refractivity (Wildman–Crippen MR) is 158 cm³/mol. The maximum absolute atomic E-state index is 13.3. The van der Waals surface area contributed by atoms with E-state index >= 15 is 0 Å². The zero-order chi connectivity index (χ0) is 31.4. The predicted octanol–water partition coefficient (Wildman–Crippen LogP) is 7.37. The Balaban J connectivity index is 1.37. The third-order valence-corrected chi connectivity index (χ3v) is 6.85. The number of nitrogens with zero attached hydrogens (tertiary/aromatic N) is 2. The van der Waals surface area contributed by atoms with Crippen molar-refractivity contribution in [2.45, 2.75) is 6.18 Å². The lowest BCUT2D eigenvalue weighted by Crippen LogP contribution is -2.19. The maximum atomic E-state index is 13.3. The highest BCUT2D eigenvalue weighted by Gasteiger charge is 2.31. The minimum absolute atomic E-state index is 0.0353. The number of aromatic amines is 1. The lowest BCUT2D eigenvalue weighted by Gasteiger charge is -2.11. The van der Waals surface area contributed by atoms with E-state index in [0.29, 0.717) is 44.2 Å². The van der Waals surface area contributed by atoms with Gasteiger partial charge in [-0.3, -0.25) is 4.79 Å². The smallest absolute Gasteiger partial charge is 0.416 e. The van der Waals surface area contributed by atoms with E-state index in [9.17, 15) is 28.0 Å². The van der Waals surface area contributed by atoms with Gasteiger partial charge in [0, 0.05) is 21.5 Å². The van der Waals surface area contributed by atoms with Crippen molar-refractivity contribution in [3.8, 4) is 28.7 Å². The van der Waals surface area contributed by atoms with Gasteiger partial charge in [0.05, 0.1) is 35.5 Å². The number of hydrogen-bond acceptors (Lipinski definition) is 6. The van der Waals surface area contributed by atoms with Gasteiger partial charge in [0.2, 0.25) is 0 Å². The number of carbonyl (C=O) groups is 2. The molecule has 0 unspecified atom stereocenters. The van der Waals surface area contributed by atoms with Crippen molar-refractivity contribution in [1.29, 1.82) is 5.26 Å². The van der Waals surface area contributed by atoms with E-state index < -0.39 is 23.6 Å². The highest BCUT2D eigenvalue weighted by atomic mass is 35.5. The van der Waals surface area contributed by atoms with Gasteiger partial charge in [0.25, 0.3) is 5.91 Å². The summed E-state index contributed by atoms with van der Waals surface area (Å²) in [4.78, 5) is 28.9. The molecule has 12 heteroatoms. The number of ether oxygens (including phenoxy) is 2. The molecule has 5 aromatic rings. The Morgan fingerprint density at radius 3 is 2.50 bits per heavy atom. The van der Waals surface area contributed by atoms with Gasteiger partial charge in [0.1, 0.15) is 11.8 Å². The number of hydrazone groups is 1. The van der Waals surface area contributed by atoms with Crippen LogP contribution in [0.25, 0.3) is 22.0 Å². The van der Waals surface area contributed by atoms with E-state index in [1.807, 2.05) is 0 Å². The second-order valence-electron chi connectivity index (χ2n) is 9.27. The van der Waals surface area contributed by atoms with Crippen molar-refractivity contribution >= 4 is 40.6 Å². The summed E-state index contributed by atoms with van der Waals surface area (Å²) in [5.74, 6) is -1.54. The minimum atomic E-state index is -4.62. The molecule has 0 saturated carbocycles. The molecule has 220 valence electrons. The Bertz CT molecular complexity index is 1980. The molecule has 0 bridgehead atoms. The Kier molecular flexibility index (Phi) is 8.37. The number of hydrogen-bond donors (Lipinski definition) is 2. The second-order valence-corrected chi connectivity index (χ2v) is 9.68. The number of alkyl halides is 3. The Labute approximate surface area is 253 Å². The highest BCUT2D eigenvalue weighted by Crippen LogP contribution is 2.37. The SMILES string of the molecule is COc1cc(C=NNC(=O)c2[nH]c3c(C#N)cccc3c2-c2ccccc2Cl)ccc1OC(=O)c1cccc(C(F)(F)F)c1. The van der Waals surface area contributed by atoms with Crippen LogP contribution in [-0.2, 0) is 6.18 Å². The summed E-state index contributed by atoms with van der Waals surface area (Å²) < 4.78 is 49.7.